The highest BCUT2D eigenvalue weighted by atomic mass is 16.6. The summed E-state index contributed by atoms with van der Waals surface area (Å²) in [4.78, 5) is 38.4. The van der Waals surface area contributed by atoms with Gasteiger partial charge in [0.05, 0.1) is 0 Å². The maximum absolute atomic E-state index is 12.9. The molecule has 0 aromatic rings. The zero-order chi connectivity index (χ0) is 59.9. The largest absolute Gasteiger partial charge is 0.462 e. The Morgan fingerprint density at radius 3 is 0.771 bits per heavy atom. The molecular weight excluding hydrogens is 1020 g/mol. The van der Waals surface area contributed by atoms with Crippen molar-refractivity contribution in [2.75, 3.05) is 13.2 Å². The van der Waals surface area contributed by atoms with Crippen LogP contribution in [0.3, 0.4) is 0 Å². The van der Waals surface area contributed by atoms with E-state index in [1.165, 1.54) is 212 Å². The van der Waals surface area contributed by atoms with E-state index in [4.69, 9.17) is 14.2 Å². The standard InChI is InChI=1S/C77H134O6/c1-4-7-10-13-16-19-22-25-27-29-31-32-33-34-35-36-37-38-39-40-41-42-43-44-46-47-49-52-55-58-61-64-67-70-76(79)82-73-74(72-81-75(78)69-66-63-60-57-54-51-24-21-18-15-12-9-6-3)83-77(80)71-68-65-62-59-56-53-50-48-45-30-28-26-23-20-17-14-11-8-5-2/h7,10,16-17,19-21,24-28,31-32,34-35,74H,4-6,8-9,11-15,18,22-23,29-30,33,36-73H2,1-3H3/b10-7-,19-16-,20-17-,24-21-,27-25-,28-26-,32-31-,35-34-. The number of ether oxygens (including phenoxy) is 3. The molecule has 6 heteroatoms. The average molecular weight is 1160 g/mol. The Balaban J connectivity index is 4.19. The molecule has 0 aliphatic carbocycles. The van der Waals surface area contributed by atoms with Crippen LogP contribution in [0, 0.1) is 0 Å². The van der Waals surface area contributed by atoms with Gasteiger partial charge < -0.3 is 14.2 Å². The number of carbonyl (C=O) groups is 3. The van der Waals surface area contributed by atoms with E-state index in [-0.39, 0.29) is 31.1 Å². The summed E-state index contributed by atoms with van der Waals surface area (Å²) in [5, 5.41) is 0. The molecule has 0 aromatic heterocycles. The zero-order valence-corrected chi connectivity index (χ0v) is 54.9. The van der Waals surface area contributed by atoms with Gasteiger partial charge in [0.2, 0.25) is 0 Å². The Kier molecular flexibility index (Phi) is 67.7. The number of esters is 3. The molecule has 0 N–H and O–H groups in total. The van der Waals surface area contributed by atoms with Crippen LogP contribution in [0.5, 0.6) is 0 Å². The van der Waals surface area contributed by atoms with Crippen molar-refractivity contribution in [2.45, 2.75) is 361 Å². The molecule has 0 saturated carbocycles. The molecule has 0 radical (unpaired) electrons. The van der Waals surface area contributed by atoms with Crippen molar-refractivity contribution in [3.05, 3.63) is 97.2 Å². The predicted octanol–water partition coefficient (Wildman–Crippen LogP) is 24.8. The van der Waals surface area contributed by atoms with E-state index in [2.05, 4.69) is 118 Å². The van der Waals surface area contributed by atoms with Crippen LogP contribution in [-0.4, -0.2) is 37.2 Å². The Labute approximate surface area is 515 Å². The Morgan fingerprint density at radius 1 is 0.253 bits per heavy atom. The van der Waals surface area contributed by atoms with Gasteiger partial charge in [-0.15, -0.1) is 0 Å². The Hall–Kier alpha value is -3.67. The van der Waals surface area contributed by atoms with Crippen LogP contribution in [0.1, 0.15) is 355 Å². The van der Waals surface area contributed by atoms with Gasteiger partial charge in [0.15, 0.2) is 6.10 Å². The van der Waals surface area contributed by atoms with Crippen molar-refractivity contribution < 1.29 is 28.6 Å². The third-order valence-corrected chi connectivity index (χ3v) is 15.5. The van der Waals surface area contributed by atoms with Crippen LogP contribution >= 0.6 is 0 Å². The van der Waals surface area contributed by atoms with E-state index < -0.39 is 6.10 Å². The number of unbranched alkanes of at least 4 members (excludes halogenated alkanes) is 38. The van der Waals surface area contributed by atoms with Gasteiger partial charge in [0, 0.05) is 19.3 Å². The highest BCUT2D eigenvalue weighted by Gasteiger charge is 2.19. The van der Waals surface area contributed by atoms with Crippen LogP contribution < -0.4 is 0 Å². The number of allylic oxidation sites excluding steroid dienone is 16. The van der Waals surface area contributed by atoms with E-state index >= 15 is 0 Å². The zero-order valence-electron chi connectivity index (χ0n) is 54.9. The summed E-state index contributed by atoms with van der Waals surface area (Å²) in [6.45, 7) is 6.52. The lowest BCUT2D eigenvalue weighted by molar-refractivity contribution is -0.167. The molecule has 0 saturated heterocycles. The first-order valence-corrected chi connectivity index (χ1v) is 35.7. The minimum Gasteiger partial charge on any atom is -0.462 e. The van der Waals surface area contributed by atoms with Gasteiger partial charge in [-0.2, -0.15) is 0 Å². The molecule has 0 aromatic carbocycles. The predicted molar refractivity (Wildman–Crippen MR) is 362 cm³/mol. The van der Waals surface area contributed by atoms with Gasteiger partial charge >= 0.3 is 17.9 Å². The Morgan fingerprint density at radius 2 is 0.470 bits per heavy atom. The molecule has 1 atom stereocenters. The SMILES string of the molecule is CC/C=C\C/C=C\C/C=C\C/C=C\C/C=C\CCCCCCCCCCCCCCCCCCCC(=O)OCC(COC(=O)CCCCCCC/C=C\CCCCCC)OC(=O)CCCCCCCCCCC/C=C\C/C=C\CCCCC. The van der Waals surface area contributed by atoms with Gasteiger partial charge in [-0.25, -0.2) is 0 Å². The molecule has 0 fully saturated rings. The first-order valence-electron chi connectivity index (χ1n) is 35.7. The van der Waals surface area contributed by atoms with E-state index in [9.17, 15) is 14.4 Å². The summed E-state index contributed by atoms with van der Waals surface area (Å²) < 4.78 is 17.0. The number of carbonyl (C=O) groups excluding carboxylic acids is 3. The van der Waals surface area contributed by atoms with Gasteiger partial charge in [0.25, 0.3) is 0 Å². The van der Waals surface area contributed by atoms with Gasteiger partial charge in [-0.1, -0.05) is 311 Å². The van der Waals surface area contributed by atoms with Crippen molar-refractivity contribution in [2.24, 2.45) is 0 Å². The number of hydrogen-bond donors (Lipinski definition) is 0. The minimum atomic E-state index is -0.783. The van der Waals surface area contributed by atoms with Crippen LogP contribution in [0.25, 0.3) is 0 Å². The average Bonchev–Trinajstić information content (AvgIpc) is 3.49. The molecule has 0 heterocycles. The van der Waals surface area contributed by atoms with Crippen LogP contribution in [0.15, 0.2) is 97.2 Å². The summed E-state index contributed by atoms with van der Waals surface area (Å²) in [5.41, 5.74) is 0. The van der Waals surface area contributed by atoms with E-state index in [1.807, 2.05) is 0 Å². The molecule has 0 amide bonds. The topological polar surface area (TPSA) is 78.9 Å². The second-order valence-electron chi connectivity index (χ2n) is 23.8. The van der Waals surface area contributed by atoms with Crippen molar-refractivity contribution in [3.63, 3.8) is 0 Å². The Bertz CT molecular complexity index is 1610. The molecule has 0 rings (SSSR count). The molecular formula is C77H134O6. The molecule has 1 unspecified atom stereocenters. The first kappa shape index (κ1) is 79.3. The molecule has 0 bridgehead atoms. The van der Waals surface area contributed by atoms with Crippen LogP contribution in [0.4, 0.5) is 0 Å². The van der Waals surface area contributed by atoms with E-state index in [0.717, 1.165) is 103 Å². The molecule has 0 aliphatic heterocycles. The number of hydrogen-bond acceptors (Lipinski definition) is 6. The molecule has 83 heavy (non-hydrogen) atoms. The summed E-state index contributed by atoms with van der Waals surface area (Å²) in [6.07, 6.45) is 95.8. The summed E-state index contributed by atoms with van der Waals surface area (Å²) in [5.74, 6) is -0.874. The van der Waals surface area contributed by atoms with Gasteiger partial charge in [-0.3, -0.25) is 14.4 Å². The quantitative estimate of drug-likeness (QED) is 0.0261. The van der Waals surface area contributed by atoms with Crippen LogP contribution in [-0.2, 0) is 28.6 Å². The van der Waals surface area contributed by atoms with Crippen LogP contribution in [0.2, 0.25) is 0 Å². The van der Waals surface area contributed by atoms with Crippen molar-refractivity contribution in [1.82, 2.24) is 0 Å². The third-order valence-electron chi connectivity index (χ3n) is 15.5. The highest BCUT2D eigenvalue weighted by molar-refractivity contribution is 5.71. The fourth-order valence-electron chi connectivity index (χ4n) is 10.2. The minimum absolute atomic E-state index is 0.0780. The fourth-order valence-corrected chi connectivity index (χ4v) is 10.2. The normalized spacial score (nSPS) is 12.7. The molecule has 0 spiro atoms. The fraction of sp³-hybridized carbons (Fsp3) is 0.753. The van der Waals surface area contributed by atoms with Crippen molar-refractivity contribution in [3.8, 4) is 0 Å². The van der Waals surface area contributed by atoms with Crippen molar-refractivity contribution in [1.29, 1.82) is 0 Å². The lowest BCUT2D eigenvalue weighted by atomic mass is 10.0. The third kappa shape index (κ3) is 69.0. The highest BCUT2D eigenvalue weighted by Crippen LogP contribution is 2.17. The second kappa shape index (κ2) is 70.8. The number of rotatable bonds is 65. The smallest absolute Gasteiger partial charge is 0.306 e. The van der Waals surface area contributed by atoms with Gasteiger partial charge in [-0.05, 0) is 122 Å². The first-order chi connectivity index (χ1) is 41.0. The second-order valence-corrected chi connectivity index (χ2v) is 23.8. The summed E-state index contributed by atoms with van der Waals surface area (Å²) in [7, 11) is 0. The van der Waals surface area contributed by atoms with E-state index in [0.29, 0.717) is 19.3 Å². The lowest BCUT2D eigenvalue weighted by Gasteiger charge is -2.18. The van der Waals surface area contributed by atoms with E-state index in [1.54, 1.807) is 0 Å². The maximum Gasteiger partial charge on any atom is 0.306 e. The van der Waals surface area contributed by atoms with Crippen molar-refractivity contribution >= 4 is 17.9 Å². The molecule has 478 valence electrons. The molecule has 0 aliphatic rings. The van der Waals surface area contributed by atoms with Gasteiger partial charge in [0.1, 0.15) is 13.2 Å². The molecule has 6 nitrogen and oxygen atoms in total. The maximum atomic E-state index is 12.9. The lowest BCUT2D eigenvalue weighted by Crippen LogP contribution is -2.30. The summed E-state index contributed by atoms with van der Waals surface area (Å²) >= 11 is 0. The summed E-state index contributed by atoms with van der Waals surface area (Å²) in [6, 6.07) is 0. The monoisotopic (exact) mass is 1160 g/mol.